The average Bonchev–Trinajstić information content (AvgIpc) is 2.88. The van der Waals surface area contributed by atoms with Gasteiger partial charge in [-0.1, -0.05) is 44.2 Å². The maximum Gasteiger partial charge on any atom is 0.161 e. The van der Waals surface area contributed by atoms with Crippen molar-refractivity contribution in [3.63, 3.8) is 0 Å². The SMILES string of the molecule is CC(C)C(=O)C1(n2ccc(-c3ccccc3)c2)CCC1. The molecule has 1 saturated carbocycles. The third kappa shape index (κ3) is 2.00. The van der Waals surface area contributed by atoms with E-state index in [0.29, 0.717) is 5.78 Å². The second-order valence-electron chi connectivity index (χ2n) is 6.08. The first-order chi connectivity index (χ1) is 9.63. The summed E-state index contributed by atoms with van der Waals surface area (Å²) in [5, 5.41) is 0. The Hall–Kier alpha value is -1.83. The first kappa shape index (κ1) is 13.2. The summed E-state index contributed by atoms with van der Waals surface area (Å²) in [4.78, 5) is 12.6. The fourth-order valence-electron chi connectivity index (χ4n) is 3.14. The van der Waals surface area contributed by atoms with E-state index in [2.05, 4.69) is 35.2 Å². The highest BCUT2D eigenvalue weighted by atomic mass is 16.1. The van der Waals surface area contributed by atoms with Gasteiger partial charge in [0, 0.05) is 18.3 Å². The molecule has 1 aromatic heterocycles. The topological polar surface area (TPSA) is 22.0 Å². The van der Waals surface area contributed by atoms with E-state index in [4.69, 9.17) is 0 Å². The molecule has 0 spiro atoms. The standard InChI is InChI=1S/C18H21NO/c1-14(2)17(20)18(10-6-11-18)19-12-9-16(13-19)15-7-4-3-5-8-15/h3-5,7-9,12-14H,6,10-11H2,1-2H3. The Bertz CT molecular complexity index is 605. The van der Waals surface area contributed by atoms with Crippen molar-refractivity contribution in [3.05, 3.63) is 48.8 Å². The van der Waals surface area contributed by atoms with Gasteiger partial charge in [0.1, 0.15) is 5.54 Å². The number of nitrogens with zero attached hydrogens (tertiary/aromatic N) is 1. The van der Waals surface area contributed by atoms with E-state index < -0.39 is 0 Å². The molecule has 20 heavy (non-hydrogen) atoms. The Morgan fingerprint density at radius 1 is 1.10 bits per heavy atom. The highest BCUT2D eigenvalue weighted by Gasteiger charge is 2.45. The summed E-state index contributed by atoms with van der Waals surface area (Å²) in [6.45, 7) is 4.01. The van der Waals surface area contributed by atoms with Crippen molar-refractivity contribution < 1.29 is 4.79 Å². The van der Waals surface area contributed by atoms with Crippen LogP contribution < -0.4 is 0 Å². The third-order valence-corrected chi connectivity index (χ3v) is 4.46. The fourth-order valence-corrected chi connectivity index (χ4v) is 3.14. The number of carbonyl (C=O) groups is 1. The number of ketones is 1. The first-order valence-corrected chi connectivity index (χ1v) is 7.42. The molecular formula is C18H21NO. The molecule has 2 heteroatoms. The van der Waals surface area contributed by atoms with E-state index in [1.165, 1.54) is 11.1 Å². The molecule has 2 nitrogen and oxygen atoms in total. The number of rotatable bonds is 4. The van der Waals surface area contributed by atoms with Crippen molar-refractivity contribution in [1.29, 1.82) is 0 Å². The number of benzene rings is 1. The first-order valence-electron chi connectivity index (χ1n) is 7.42. The molecule has 0 bridgehead atoms. The van der Waals surface area contributed by atoms with Crippen molar-refractivity contribution in [2.24, 2.45) is 5.92 Å². The Balaban J connectivity index is 1.95. The van der Waals surface area contributed by atoms with Gasteiger partial charge in [-0.2, -0.15) is 0 Å². The lowest BCUT2D eigenvalue weighted by atomic mass is 9.70. The molecule has 0 saturated heterocycles. The summed E-state index contributed by atoms with van der Waals surface area (Å²) in [6, 6.07) is 12.4. The van der Waals surface area contributed by atoms with Gasteiger partial charge >= 0.3 is 0 Å². The van der Waals surface area contributed by atoms with Gasteiger partial charge < -0.3 is 4.57 Å². The normalized spacial score (nSPS) is 16.9. The summed E-state index contributed by atoms with van der Waals surface area (Å²) < 4.78 is 2.15. The number of hydrogen-bond acceptors (Lipinski definition) is 1. The van der Waals surface area contributed by atoms with E-state index in [9.17, 15) is 4.79 Å². The molecule has 1 aliphatic carbocycles. The van der Waals surface area contributed by atoms with Crippen LogP contribution in [0, 0.1) is 5.92 Å². The van der Waals surface area contributed by atoms with Gasteiger partial charge in [0.05, 0.1) is 0 Å². The average molecular weight is 267 g/mol. The molecule has 1 heterocycles. The van der Waals surface area contributed by atoms with Crippen molar-refractivity contribution in [1.82, 2.24) is 4.57 Å². The Morgan fingerprint density at radius 2 is 1.80 bits per heavy atom. The van der Waals surface area contributed by atoms with Crippen molar-refractivity contribution in [3.8, 4) is 11.1 Å². The van der Waals surface area contributed by atoms with Crippen LogP contribution in [0.3, 0.4) is 0 Å². The molecule has 3 rings (SSSR count). The molecular weight excluding hydrogens is 246 g/mol. The van der Waals surface area contributed by atoms with E-state index >= 15 is 0 Å². The molecule has 0 amide bonds. The Morgan fingerprint density at radius 3 is 2.35 bits per heavy atom. The summed E-state index contributed by atoms with van der Waals surface area (Å²) in [6.07, 6.45) is 7.31. The van der Waals surface area contributed by atoms with Gasteiger partial charge in [0.15, 0.2) is 5.78 Å². The minimum atomic E-state index is -0.277. The summed E-state index contributed by atoms with van der Waals surface area (Å²) >= 11 is 0. The van der Waals surface area contributed by atoms with Crippen molar-refractivity contribution in [2.45, 2.75) is 38.6 Å². The van der Waals surface area contributed by atoms with Gasteiger partial charge in [0.25, 0.3) is 0 Å². The van der Waals surface area contributed by atoms with Crippen LogP contribution in [0.5, 0.6) is 0 Å². The summed E-state index contributed by atoms with van der Waals surface area (Å²) in [5.41, 5.74) is 2.12. The second kappa shape index (κ2) is 4.93. The lowest BCUT2D eigenvalue weighted by Crippen LogP contribution is -2.49. The van der Waals surface area contributed by atoms with Crippen LogP contribution in [0.25, 0.3) is 11.1 Å². The van der Waals surface area contributed by atoms with Crippen LogP contribution >= 0.6 is 0 Å². The van der Waals surface area contributed by atoms with Crippen molar-refractivity contribution >= 4 is 5.78 Å². The van der Waals surface area contributed by atoms with Gasteiger partial charge in [-0.3, -0.25) is 4.79 Å². The molecule has 2 aromatic rings. The van der Waals surface area contributed by atoms with Crippen LogP contribution in [-0.4, -0.2) is 10.4 Å². The number of aromatic nitrogens is 1. The quantitative estimate of drug-likeness (QED) is 0.811. The predicted molar refractivity (Wildman–Crippen MR) is 81.5 cm³/mol. The fraction of sp³-hybridized carbons (Fsp3) is 0.389. The number of Topliss-reactive ketones (excluding diaryl/α,β-unsaturated/α-hetero) is 1. The van der Waals surface area contributed by atoms with E-state index in [-0.39, 0.29) is 11.5 Å². The summed E-state index contributed by atoms with van der Waals surface area (Å²) in [7, 11) is 0. The van der Waals surface area contributed by atoms with Crippen LogP contribution in [-0.2, 0) is 10.3 Å². The highest BCUT2D eigenvalue weighted by Crippen LogP contribution is 2.42. The molecule has 0 atom stereocenters. The lowest BCUT2D eigenvalue weighted by Gasteiger charge is -2.43. The Kier molecular flexibility index (Phi) is 3.25. The van der Waals surface area contributed by atoms with E-state index in [0.717, 1.165) is 19.3 Å². The van der Waals surface area contributed by atoms with Gasteiger partial charge in [-0.05, 0) is 36.5 Å². The molecule has 0 radical (unpaired) electrons. The van der Waals surface area contributed by atoms with E-state index in [1.807, 2.05) is 32.0 Å². The molecule has 104 valence electrons. The zero-order chi connectivity index (χ0) is 14.2. The lowest BCUT2D eigenvalue weighted by molar-refractivity contribution is -0.135. The van der Waals surface area contributed by atoms with Crippen molar-refractivity contribution in [2.75, 3.05) is 0 Å². The predicted octanol–water partition coefficient (Wildman–Crippen LogP) is 4.26. The zero-order valence-electron chi connectivity index (χ0n) is 12.2. The molecule has 0 unspecified atom stereocenters. The highest BCUT2D eigenvalue weighted by molar-refractivity contribution is 5.89. The van der Waals surface area contributed by atoms with Crippen LogP contribution in [0.4, 0.5) is 0 Å². The molecule has 1 aliphatic rings. The number of carbonyl (C=O) groups excluding carboxylic acids is 1. The maximum absolute atomic E-state index is 12.6. The molecule has 1 fully saturated rings. The summed E-state index contributed by atoms with van der Waals surface area (Å²) in [5.74, 6) is 0.469. The Labute approximate surface area is 120 Å². The van der Waals surface area contributed by atoms with Crippen LogP contribution in [0.15, 0.2) is 48.8 Å². The molecule has 1 aromatic carbocycles. The zero-order valence-corrected chi connectivity index (χ0v) is 12.2. The van der Waals surface area contributed by atoms with Crippen LogP contribution in [0.2, 0.25) is 0 Å². The minimum absolute atomic E-state index is 0.0953. The number of hydrogen-bond donors (Lipinski definition) is 0. The molecule has 0 aliphatic heterocycles. The second-order valence-corrected chi connectivity index (χ2v) is 6.08. The van der Waals surface area contributed by atoms with Crippen LogP contribution in [0.1, 0.15) is 33.1 Å². The largest absolute Gasteiger partial charge is 0.341 e. The minimum Gasteiger partial charge on any atom is -0.341 e. The monoisotopic (exact) mass is 267 g/mol. The van der Waals surface area contributed by atoms with Gasteiger partial charge in [0.2, 0.25) is 0 Å². The molecule has 0 N–H and O–H groups in total. The van der Waals surface area contributed by atoms with Gasteiger partial charge in [-0.15, -0.1) is 0 Å². The van der Waals surface area contributed by atoms with Gasteiger partial charge in [-0.25, -0.2) is 0 Å². The smallest absolute Gasteiger partial charge is 0.161 e. The third-order valence-electron chi connectivity index (χ3n) is 4.46. The maximum atomic E-state index is 12.6. The van der Waals surface area contributed by atoms with E-state index in [1.54, 1.807) is 0 Å².